The summed E-state index contributed by atoms with van der Waals surface area (Å²) in [6.45, 7) is 1.40. The standard InChI is InChI=1S/C21H22N4O5/c1-14(18-10-17(28-2)8-9-19(18)29-3)24-20(26)11-30-21(27)15-4-6-16(7-5-15)25-13-22-12-23-25/h4-10,12-14H,11H2,1-3H3,(H,24,26)/t14-/m1/s1. The molecule has 3 rings (SSSR count). The maximum absolute atomic E-state index is 12.2. The average Bonchev–Trinajstić information content (AvgIpc) is 3.32. The molecule has 1 atom stereocenters. The second kappa shape index (κ2) is 9.55. The van der Waals surface area contributed by atoms with E-state index in [2.05, 4.69) is 15.4 Å². The predicted octanol–water partition coefficient (Wildman–Crippen LogP) is 2.32. The lowest BCUT2D eigenvalue weighted by Crippen LogP contribution is -2.31. The molecule has 0 bridgehead atoms. The van der Waals surface area contributed by atoms with Crippen molar-refractivity contribution in [2.45, 2.75) is 13.0 Å². The molecule has 1 aromatic heterocycles. The van der Waals surface area contributed by atoms with E-state index in [4.69, 9.17) is 14.2 Å². The van der Waals surface area contributed by atoms with Crippen LogP contribution in [0.3, 0.4) is 0 Å². The van der Waals surface area contributed by atoms with E-state index >= 15 is 0 Å². The van der Waals surface area contributed by atoms with Crippen LogP contribution in [0.1, 0.15) is 28.9 Å². The monoisotopic (exact) mass is 410 g/mol. The number of rotatable bonds is 8. The molecule has 0 saturated heterocycles. The molecule has 1 heterocycles. The molecule has 0 saturated carbocycles. The molecule has 0 aliphatic heterocycles. The highest BCUT2D eigenvalue weighted by atomic mass is 16.5. The Kier molecular flexibility index (Phi) is 6.63. The molecular formula is C21H22N4O5. The minimum Gasteiger partial charge on any atom is -0.497 e. The highest BCUT2D eigenvalue weighted by Crippen LogP contribution is 2.29. The molecule has 0 unspecified atom stereocenters. The molecule has 1 N–H and O–H groups in total. The van der Waals surface area contributed by atoms with Crippen molar-refractivity contribution in [2.75, 3.05) is 20.8 Å². The predicted molar refractivity (Wildman–Crippen MR) is 108 cm³/mol. The Hall–Kier alpha value is -3.88. The maximum atomic E-state index is 12.2. The molecule has 0 aliphatic carbocycles. The number of nitrogens with zero attached hydrogens (tertiary/aromatic N) is 3. The van der Waals surface area contributed by atoms with Crippen LogP contribution < -0.4 is 14.8 Å². The zero-order valence-corrected chi connectivity index (χ0v) is 16.9. The number of ether oxygens (including phenoxy) is 3. The zero-order valence-electron chi connectivity index (χ0n) is 16.9. The van der Waals surface area contributed by atoms with Gasteiger partial charge in [-0.05, 0) is 49.4 Å². The fourth-order valence-electron chi connectivity index (χ4n) is 2.84. The van der Waals surface area contributed by atoms with Crippen molar-refractivity contribution in [3.8, 4) is 17.2 Å². The van der Waals surface area contributed by atoms with E-state index in [-0.39, 0.29) is 6.04 Å². The van der Waals surface area contributed by atoms with E-state index in [0.29, 0.717) is 17.1 Å². The number of hydrogen-bond acceptors (Lipinski definition) is 7. The molecule has 9 nitrogen and oxygen atoms in total. The van der Waals surface area contributed by atoms with Crippen LogP contribution in [0.15, 0.2) is 55.1 Å². The van der Waals surface area contributed by atoms with E-state index < -0.39 is 18.5 Å². The number of carbonyl (C=O) groups is 2. The van der Waals surface area contributed by atoms with Gasteiger partial charge in [-0.1, -0.05) is 0 Å². The first-order valence-corrected chi connectivity index (χ1v) is 9.15. The number of amides is 1. The quantitative estimate of drug-likeness (QED) is 0.568. The van der Waals surface area contributed by atoms with Crippen LogP contribution in [0, 0.1) is 0 Å². The number of hydrogen-bond donors (Lipinski definition) is 1. The van der Waals surface area contributed by atoms with E-state index in [0.717, 1.165) is 11.3 Å². The molecule has 156 valence electrons. The van der Waals surface area contributed by atoms with Gasteiger partial charge in [0.1, 0.15) is 24.2 Å². The first-order chi connectivity index (χ1) is 14.5. The summed E-state index contributed by atoms with van der Waals surface area (Å²) in [7, 11) is 3.11. The van der Waals surface area contributed by atoms with Crippen molar-refractivity contribution < 1.29 is 23.8 Å². The smallest absolute Gasteiger partial charge is 0.338 e. The van der Waals surface area contributed by atoms with Crippen molar-refractivity contribution in [1.29, 1.82) is 0 Å². The molecule has 3 aromatic rings. The van der Waals surface area contributed by atoms with Crippen molar-refractivity contribution >= 4 is 11.9 Å². The van der Waals surface area contributed by atoms with Gasteiger partial charge in [-0.15, -0.1) is 0 Å². The van der Waals surface area contributed by atoms with Crippen LogP contribution in [0.4, 0.5) is 0 Å². The number of esters is 1. The lowest BCUT2D eigenvalue weighted by Gasteiger charge is -2.18. The summed E-state index contributed by atoms with van der Waals surface area (Å²) in [5.74, 6) is 0.239. The lowest BCUT2D eigenvalue weighted by atomic mass is 10.1. The Bertz CT molecular complexity index is 1000. The molecule has 9 heteroatoms. The van der Waals surface area contributed by atoms with Crippen molar-refractivity contribution in [3.05, 3.63) is 66.2 Å². The highest BCUT2D eigenvalue weighted by molar-refractivity contribution is 5.91. The molecule has 0 radical (unpaired) electrons. The molecule has 0 fully saturated rings. The molecule has 30 heavy (non-hydrogen) atoms. The van der Waals surface area contributed by atoms with Crippen LogP contribution in [0.2, 0.25) is 0 Å². The van der Waals surface area contributed by atoms with Crippen LogP contribution in [0.25, 0.3) is 5.69 Å². The first kappa shape index (κ1) is 20.8. The van der Waals surface area contributed by atoms with Crippen LogP contribution in [-0.4, -0.2) is 47.5 Å². The number of methoxy groups -OCH3 is 2. The van der Waals surface area contributed by atoms with Gasteiger partial charge in [-0.2, -0.15) is 5.10 Å². The van der Waals surface area contributed by atoms with Crippen LogP contribution in [0.5, 0.6) is 11.5 Å². The number of nitrogens with one attached hydrogen (secondary N) is 1. The maximum Gasteiger partial charge on any atom is 0.338 e. The van der Waals surface area contributed by atoms with Crippen LogP contribution in [-0.2, 0) is 9.53 Å². The summed E-state index contributed by atoms with van der Waals surface area (Å²) in [5.41, 5.74) is 1.83. The first-order valence-electron chi connectivity index (χ1n) is 9.15. The molecule has 0 aliphatic rings. The fourth-order valence-corrected chi connectivity index (χ4v) is 2.84. The van der Waals surface area contributed by atoms with Crippen molar-refractivity contribution in [2.24, 2.45) is 0 Å². The van der Waals surface area contributed by atoms with Crippen molar-refractivity contribution in [1.82, 2.24) is 20.1 Å². The molecule has 0 spiro atoms. The Labute approximate surface area is 173 Å². The highest BCUT2D eigenvalue weighted by Gasteiger charge is 2.17. The average molecular weight is 410 g/mol. The zero-order chi connectivity index (χ0) is 21.5. The van der Waals surface area contributed by atoms with Gasteiger partial charge in [-0.3, -0.25) is 4.79 Å². The minimum atomic E-state index is -0.595. The fraction of sp³-hybridized carbons (Fsp3) is 0.238. The van der Waals surface area contributed by atoms with Gasteiger partial charge in [0.05, 0.1) is 31.5 Å². The number of carbonyl (C=O) groups excluding carboxylic acids is 2. The summed E-state index contributed by atoms with van der Waals surface area (Å²) >= 11 is 0. The van der Waals surface area contributed by atoms with Gasteiger partial charge in [-0.25, -0.2) is 14.5 Å². The van der Waals surface area contributed by atoms with Gasteiger partial charge in [0.2, 0.25) is 0 Å². The Morgan fingerprint density at radius 2 is 1.87 bits per heavy atom. The van der Waals surface area contributed by atoms with Crippen molar-refractivity contribution in [3.63, 3.8) is 0 Å². The lowest BCUT2D eigenvalue weighted by molar-refractivity contribution is -0.124. The SMILES string of the molecule is COc1ccc(OC)c([C@@H](C)NC(=O)COC(=O)c2ccc(-n3cncn3)cc2)c1. The minimum absolute atomic E-state index is 0.328. The number of aromatic nitrogens is 3. The summed E-state index contributed by atoms with van der Waals surface area (Å²) in [6, 6.07) is 11.6. The van der Waals surface area contributed by atoms with E-state index in [1.54, 1.807) is 74.6 Å². The Morgan fingerprint density at radius 3 is 2.50 bits per heavy atom. The van der Waals surface area contributed by atoms with E-state index in [1.165, 1.54) is 6.33 Å². The summed E-state index contributed by atoms with van der Waals surface area (Å²) in [5, 5.41) is 6.80. The van der Waals surface area contributed by atoms with Gasteiger partial charge >= 0.3 is 5.97 Å². The summed E-state index contributed by atoms with van der Waals surface area (Å²) in [4.78, 5) is 28.3. The third kappa shape index (κ3) is 4.93. The van der Waals surface area contributed by atoms with Gasteiger partial charge in [0.25, 0.3) is 5.91 Å². The van der Waals surface area contributed by atoms with E-state index in [9.17, 15) is 9.59 Å². The van der Waals surface area contributed by atoms with Gasteiger partial charge in [0, 0.05) is 5.56 Å². The van der Waals surface area contributed by atoms with E-state index in [1.807, 2.05) is 0 Å². The Morgan fingerprint density at radius 1 is 1.10 bits per heavy atom. The second-order valence-corrected chi connectivity index (χ2v) is 6.36. The van der Waals surface area contributed by atoms with Gasteiger partial charge < -0.3 is 19.5 Å². The Balaban J connectivity index is 1.56. The second-order valence-electron chi connectivity index (χ2n) is 6.36. The number of benzene rings is 2. The van der Waals surface area contributed by atoms with Gasteiger partial charge in [0.15, 0.2) is 6.61 Å². The summed E-state index contributed by atoms with van der Waals surface area (Å²) in [6.07, 6.45) is 2.97. The molecule has 1 amide bonds. The summed E-state index contributed by atoms with van der Waals surface area (Å²) < 4.78 is 17.2. The largest absolute Gasteiger partial charge is 0.497 e. The molecular weight excluding hydrogens is 388 g/mol. The third-order valence-electron chi connectivity index (χ3n) is 4.40. The topological polar surface area (TPSA) is 105 Å². The van der Waals surface area contributed by atoms with Crippen LogP contribution >= 0.6 is 0 Å². The normalized spacial score (nSPS) is 11.4. The third-order valence-corrected chi connectivity index (χ3v) is 4.40. The molecule has 2 aromatic carbocycles.